The van der Waals surface area contributed by atoms with Gasteiger partial charge >= 0.3 is 0 Å². The van der Waals surface area contributed by atoms with Crippen molar-refractivity contribution in [2.24, 2.45) is 11.5 Å². The van der Waals surface area contributed by atoms with Crippen LogP contribution in [0, 0.1) is 0 Å². The molecule has 0 aromatic rings. The van der Waals surface area contributed by atoms with E-state index in [0.29, 0.717) is 6.54 Å². The standard InChI is InChI=1S/C8H18N2O/c1-6-3-8(10,5-9)4-7(2)11-6/h6-7H,3-5,9-10H2,1-2H3. The van der Waals surface area contributed by atoms with E-state index in [9.17, 15) is 0 Å². The van der Waals surface area contributed by atoms with Gasteiger partial charge in [-0.15, -0.1) is 0 Å². The number of ether oxygens (including phenoxy) is 1. The molecule has 3 nitrogen and oxygen atoms in total. The first-order valence-electron chi connectivity index (χ1n) is 4.20. The summed E-state index contributed by atoms with van der Waals surface area (Å²) >= 11 is 0. The Morgan fingerprint density at radius 3 is 2.18 bits per heavy atom. The molecule has 1 rings (SSSR count). The molecule has 1 fully saturated rings. The van der Waals surface area contributed by atoms with Crippen molar-refractivity contribution < 1.29 is 4.74 Å². The third kappa shape index (κ3) is 2.15. The topological polar surface area (TPSA) is 61.3 Å². The van der Waals surface area contributed by atoms with E-state index in [1.807, 2.05) is 13.8 Å². The summed E-state index contributed by atoms with van der Waals surface area (Å²) in [6.07, 6.45) is 2.28. The molecule has 1 saturated heterocycles. The Balaban J connectivity index is 2.55. The molecule has 0 aromatic heterocycles. The minimum absolute atomic E-state index is 0.183. The predicted octanol–water partition coefficient (Wildman–Crippen LogP) is 0.230. The molecule has 0 radical (unpaired) electrons. The minimum atomic E-state index is -0.183. The second kappa shape index (κ2) is 3.09. The molecule has 2 unspecified atom stereocenters. The van der Waals surface area contributed by atoms with Crippen LogP contribution in [0.25, 0.3) is 0 Å². The highest BCUT2D eigenvalue weighted by Gasteiger charge is 2.33. The van der Waals surface area contributed by atoms with Crippen LogP contribution in [0.1, 0.15) is 26.7 Å². The molecule has 0 bridgehead atoms. The van der Waals surface area contributed by atoms with E-state index in [1.54, 1.807) is 0 Å². The number of hydrogen-bond donors (Lipinski definition) is 2. The van der Waals surface area contributed by atoms with Gasteiger partial charge in [0.2, 0.25) is 0 Å². The zero-order chi connectivity index (χ0) is 8.48. The molecule has 4 N–H and O–H groups in total. The molecular weight excluding hydrogens is 140 g/mol. The maximum atomic E-state index is 6.03. The van der Waals surface area contributed by atoms with Crippen LogP contribution in [0.15, 0.2) is 0 Å². The Hall–Kier alpha value is -0.120. The highest BCUT2D eigenvalue weighted by molar-refractivity contribution is 4.92. The van der Waals surface area contributed by atoms with Crippen LogP contribution in [0.2, 0.25) is 0 Å². The Kier molecular flexibility index (Phi) is 2.52. The van der Waals surface area contributed by atoms with E-state index in [1.165, 1.54) is 0 Å². The Morgan fingerprint density at radius 2 is 1.82 bits per heavy atom. The Morgan fingerprint density at radius 1 is 1.36 bits per heavy atom. The van der Waals surface area contributed by atoms with Crippen molar-refractivity contribution in [1.29, 1.82) is 0 Å². The second-order valence-electron chi connectivity index (χ2n) is 3.73. The molecule has 0 amide bonds. The van der Waals surface area contributed by atoms with Crippen molar-refractivity contribution >= 4 is 0 Å². The fraction of sp³-hybridized carbons (Fsp3) is 1.00. The Labute approximate surface area is 68.1 Å². The first kappa shape index (κ1) is 8.97. The van der Waals surface area contributed by atoms with Gasteiger partial charge in [0.1, 0.15) is 0 Å². The van der Waals surface area contributed by atoms with Gasteiger partial charge in [0.05, 0.1) is 12.2 Å². The third-order valence-corrected chi connectivity index (χ3v) is 2.26. The highest BCUT2D eigenvalue weighted by atomic mass is 16.5. The molecule has 0 saturated carbocycles. The third-order valence-electron chi connectivity index (χ3n) is 2.26. The summed E-state index contributed by atoms with van der Waals surface area (Å²) in [6.45, 7) is 4.66. The van der Waals surface area contributed by atoms with Gasteiger partial charge in [-0.2, -0.15) is 0 Å². The molecule has 0 aromatic carbocycles. The largest absolute Gasteiger partial charge is 0.375 e. The summed E-state index contributed by atoms with van der Waals surface area (Å²) in [5.74, 6) is 0. The van der Waals surface area contributed by atoms with E-state index >= 15 is 0 Å². The molecule has 1 heterocycles. The van der Waals surface area contributed by atoms with Gasteiger partial charge in [-0.25, -0.2) is 0 Å². The number of hydrogen-bond acceptors (Lipinski definition) is 3. The molecule has 0 spiro atoms. The average molecular weight is 158 g/mol. The monoisotopic (exact) mass is 158 g/mol. The van der Waals surface area contributed by atoms with Gasteiger partial charge in [-0.3, -0.25) is 0 Å². The molecule has 2 atom stereocenters. The van der Waals surface area contributed by atoms with Crippen molar-refractivity contribution in [3.63, 3.8) is 0 Å². The Bertz CT molecular complexity index is 128. The molecular formula is C8H18N2O. The lowest BCUT2D eigenvalue weighted by Crippen LogP contribution is -2.54. The van der Waals surface area contributed by atoms with Gasteiger partial charge in [-0.1, -0.05) is 0 Å². The fourth-order valence-electron chi connectivity index (χ4n) is 1.89. The van der Waals surface area contributed by atoms with Crippen LogP contribution in [0.4, 0.5) is 0 Å². The smallest absolute Gasteiger partial charge is 0.0568 e. The van der Waals surface area contributed by atoms with Gasteiger partial charge < -0.3 is 16.2 Å². The summed E-state index contributed by atoms with van der Waals surface area (Å²) in [7, 11) is 0. The van der Waals surface area contributed by atoms with E-state index < -0.39 is 0 Å². The quantitative estimate of drug-likeness (QED) is 0.574. The van der Waals surface area contributed by atoms with Crippen molar-refractivity contribution in [2.45, 2.75) is 44.4 Å². The maximum absolute atomic E-state index is 6.03. The van der Waals surface area contributed by atoms with Gasteiger partial charge in [-0.05, 0) is 26.7 Å². The molecule has 3 heteroatoms. The number of rotatable bonds is 1. The van der Waals surface area contributed by atoms with Crippen molar-refractivity contribution in [3.05, 3.63) is 0 Å². The molecule has 1 aliphatic heterocycles. The molecule has 66 valence electrons. The van der Waals surface area contributed by atoms with E-state index in [-0.39, 0.29) is 17.7 Å². The van der Waals surface area contributed by atoms with Crippen LogP contribution >= 0.6 is 0 Å². The summed E-state index contributed by atoms with van der Waals surface area (Å²) in [5.41, 5.74) is 11.4. The van der Waals surface area contributed by atoms with Crippen molar-refractivity contribution in [2.75, 3.05) is 6.54 Å². The minimum Gasteiger partial charge on any atom is -0.375 e. The fourth-order valence-corrected chi connectivity index (χ4v) is 1.89. The van der Waals surface area contributed by atoms with E-state index in [2.05, 4.69) is 0 Å². The molecule has 1 aliphatic rings. The predicted molar refractivity (Wildman–Crippen MR) is 45.2 cm³/mol. The van der Waals surface area contributed by atoms with Crippen LogP contribution in [0.3, 0.4) is 0 Å². The summed E-state index contributed by atoms with van der Waals surface area (Å²) in [6, 6.07) is 0. The first-order valence-corrected chi connectivity index (χ1v) is 4.20. The molecule has 0 aliphatic carbocycles. The summed E-state index contributed by atoms with van der Waals surface area (Å²) in [5, 5.41) is 0. The van der Waals surface area contributed by atoms with Crippen LogP contribution < -0.4 is 11.5 Å². The highest BCUT2D eigenvalue weighted by Crippen LogP contribution is 2.25. The van der Waals surface area contributed by atoms with Gasteiger partial charge in [0.25, 0.3) is 0 Å². The van der Waals surface area contributed by atoms with E-state index in [4.69, 9.17) is 16.2 Å². The molecule has 11 heavy (non-hydrogen) atoms. The normalized spacial score (nSPS) is 45.8. The second-order valence-corrected chi connectivity index (χ2v) is 3.73. The lowest BCUT2D eigenvalue weighted by molar-refractivity contribution is -0.0582. The van der Waals surface area contributed by atoms with Crippen molar-refractivity contribution in [1.82, 2.24) is 0 Å². The van der Waals surface area contributed by atoms with Crippen LogP contribution in [-0.4, -0.2) is 24.3 Å². The van der Waals surface area contributed by atoms with E-state index in [0.717, 1.165) is 12.8 Å². The zero-order valence-corrected chi connectivity index (χ0v) is 7.34. The lowest BCUT2D eigenvalue weighted by Gasteiger charge is -2.39. The number of nitrogens with two attached hydrogens (primary N) is 2. The zero-order valence-electron chi connectivity index (χ0n) is 7.34. The van der Waals surface area contributed by atoms with Gasteiger partial charge in [0, 0.05) is 12.1 Å². The van der Waals surface area contributed by atoms with Gasteiger partial charge in [0.15, 0.2) is 0 Å². The SMILES string of the molecule is CC1CC(N)(CN)CC(C)O1. The first-order chi connectivity index (χ1) is 5.06. The lowest BCUT2D eigenvalue weighted by atomic mass is 9.85. The van der Waals surface area contributed by atoms with Crippen LogP contribution in [0.5, 0.6) is 0 Å². The average Bonchev–Trinajstić information content (AvgIpc) is 1.84. The van der Waals surface area contributed by atoms with Crippen molar-refractivity contribution in [3.8, 4) is 0 Å². The summed E-state index contributed by atoms with van der Waals surface area (Å²) < 4.78 is 5.55. The maximum Gasteiger partial charge on any atom is 0.0568 e. The summed E-state index contributed by atoms with van der Waals surface area (Å²) in [4.78, 5) is 0. The van der Waals surface area contributed by atoms with Crippen LogP contribution in [-0.2, 0) is 4.74 Å².